The summed E-state index contributed by atoms with van der Waals surface area (Å²) >= 11 is 0. The van der Waals surface area contributed by atoms with Gasteiger partial charge in [0.25, 0.3) is 0 Å². The van der Waals surface area contributed by atoms with Gasteiger partial charge in [-0.15, -0.1) is 0 Å². The number of benzene rings is 2. The van der Waals surface area contributed by atoms with Crippen LogP contribution in [0, 0.1) is 5.92 Å². The number of ether oxygens (including phenoxy) is 1. The van der Waals surface area contributed by atoms with E-state index in [0.29, 0.717) is 6.42 Å². The van der Waals surface area contributed by atoms with Crippen LogP contribution in [0.3, 0.4) is 0 Å². The first-order valence-corrected chi connectivity index (χ1v) is 11.6. The second-order valence-corrected chi connectivity index (χ2v) is 8.52. The van der Waals surface area contributed by atoms with Gasteiger partial charge in [-0.05, 0) is 28.7 Å². The van der Waals surface area contributed by atoms with Gasteiger partial charge in [-0.2, -0.15) is 5.10 Å². The molecule has 0 saturated heterocycles. The van der Waals surface area contributed by atoms with Crippen molar-refractivity contribution in [2.45, 2.75) is 25.7 Å². The Bertz CT molecular complexity index is 1210. The number of carboxylic acids is 1. The first-order chi connectivity index (χ1) is 16.9. The van der Waals surface area contributed by atoms with Gasteiger partial charge in [-0.25, -0.2) is 9.59 Å². The van der Waals surface area contributed by atoms with E-state index in [0.717, 1.165) is 28.7 Å². The molecule has 0 radical (unpaired) electrons. The van der Waals surface area contributed by atoms with Gasteiger partial charge in [-0.1, -0.05) is 61.9 Å². The van der Waals surface area contributed by atoms with E-state index in [-0.39, 0.29) is 36.5 Å². The number of hydrogen-bond donors (Lipinski definition) is 3. The highest BCUT2D eigenvalue weighted by molar-refractivity contribution is 5.94. The summed E-state index contributed by atoms with van der Waals surface area (Å²) in [5.74, 6) is -1.90. The summed E-state index contributed by atoms with van der Waals surface area (Å²) in [6.07, 6.45) is 0.674. The molecule has 1 heterocycles. The summed E-state index contributed by atoms with van der Waals surface area (Å²) < 4.78 is 6.73. The van der Waals surface area contributed by atoms with Crippen LogP contribution in [0.15, 0.2) is 54.6 Å². The molecule has 0 saturated carbocycles. The number of nitrogens with one attached hydrogen (secondary N) is 2. The van der Waals surface area contributed by atoms with E-state index in [1.54, 1.807) is 0 Å². The Labute approximate surface area is 203 Å². The molecule has 0 fully saturated rings. The van der Waals surface area contributed by atoms with Gasteiger partial charge < -0.3 is 20.5 Å². The number of aryl methyl sites for hydroxylation is 1. The molecule has 0 spiro atoms. The fraction of sp³-hybridized carbons (Fsp3) is 0.308. The maximum Gasteiger partial charge on any atom is 0.407 e. The Hall–Kier alpha value is -4.14. The topological polar surface area (TPSA) is 123 Å². The highest BCUT2D eigenvalue weighted by Crippen LogP contribution is 2.44. The lowest BCUT2D eigenvalue weighted by molar-refractivity contribution is -0.119. The van der Waals surface area contributed by atoms with E-state index >= 15 is 0 Å². The summed E-state index contributed by atoms with van der Waals surface area (Å²) in [6, 6.07) is 17.5. The van der Waals surface area contributed by atoms with Crippen molar-refractivity contribution in [3.8, 4) is 11.1 Å². The van der Waals surface area contributed by atoms with Crippen LogP contribution in [0.2, 0.25) is 0 Å². The molecular formula is C26H28N4O5. The van der Waals surface area contributed by atoms with Gasteiger partial charge >= 0.3 is 12.1 Å². The Balaban J connectivity index is 1.34. The summed E-state index contributed by atoms with van der Waals surface area (Å²) in [7, 11) is 1.49. The van der Waals surface area contributed by atoms with Crippen LogP contribution in [-0.2, 0) is 16.6 Å². The van der Waals surface area contributed by atoms with Crippen molar-refractivity contribution in [3.05, 3.63) is 71.4 Å². The average molecular weight is 477 g/mol. The van der Waals surface area contributed by atoms with Crippen LogP contribution in [0.25, 0.3) is 11.1 Å². The summed E-state index contributed by atoms with van der Waals surface area (Å²) in [4.78, 5) is 36.4. The largest absolute Gasteiger partial charge is 0.477 e. The van der Waals surface area contributed by atoms with Crippen molar-refractivity contribution in [1.82, 2.24) is 15.1 Å². The molecule has 0 bridgehead atoms. The molecular weight excluding hydrogens is 448 g/mol. The second kappa shape index (κ2) is 10.4. The van der Waals surface area contributed by atoms with Gasteiger partial charge in [-0.3, -0.25) is 9.48 Å². The molecule has 9 heteroatoms. The Morgan fingerprint density at radius 1 is 1.09 bits per heavy atom. The maximum absolute atomic E-state index is 12.7. The maximum atomic E-state index is 12.7. The number of hydrogen-bond acceptors (Lipinski definition) is 5. The highest BCUT2D eigenvalue weighted by atomic mass is 16.5. The lowest BCUT2D eigenvalue weighted by Gasteiger charge is -2.17. The van der Waals surface area contributed by atoms with Crippen molar-refractivity contribution >= 4 is 23.8 Å². The van der Waals surface area contributed by atoms with Crippen molar-refractivity contribution < 1.29 is 24.2 Å². The average Bonchev–Trinajstić information content (AvgIpc) is 3.37. The van der Waals surface area contributed by atoms with E-state index in [1.165, 1.54) is 17.8 Å². The molecule has 1 unspecified atom stereocenters. The molecule has 2 aromatic carbocycles. The number of carbonyl (C=O) groups is 3. The molecule has 1 aliphatic rings. The molecule has 2 amide bonds. The quantitative estimate of drug-likeness (QED) is 0.429. The van der Waals surface area contributed by atoms with Gasteiger partial charge in [0.15, 0.2) is 5.82 Å². The number of amides is 2. The zero-order valence-corrected chi connectivity index (χ0v) is 19.7. The third kappa shape index (κ3) is 5.18. The summed E-state index contributed by atoms with van der Waals surface area (Å²) in [6.45, 7) is 2.22. The Morgan fingerprint density at radius 3 is 2.29 bits per heavy atom. The Kier molecular flexibility index (Phi) is 7.14. The number of carboxylic acid groups (broad SMARTS) is 1. The number of carbonyl (C=O) groups excluding carboxylic acids is 2. The number of aromatic carboxylic acids is 1. The SMILES string of the molecule is CCCC(CNC(=O)OCC1c2ccccc2-c2ccccc21)C(=O)Nc1cc(C(=O)O)n(C)n1. The highest BCUT2D eigenvalue weighted by Gasteiger charge is 2.29. The van der Waals surface area contributed by atoms with Crippen LogP contribution in [0.4, 0.5) is 10.6 Å². The summed E-state index contributed by atoms with van der Waals surface area (Å²) in [5, 5.41) is 18.5. The zero-order valence-electron chi connectivity index (χ0n) is 19.7. The number of nitrogens with zero attached hydrogens (tertiary/aromatic N) is 2. The molecule has 3 aromatic rings. The second-order valence-electron chi connectivity index (χ2n) is 8.52. The van der Waals surface area contributed by atoms with E-state index in [4.69, 9.17) is 9.84 Å². The molecule has 35 heavy (non-hydrogen) atoms. The molecule has 3 N–H and O–H groups in total. The van der Waals surface area contributed by atoms with E-state index < -0.39 is 18.0 Å². The molecule has 1 aliphatic carbocycles. The first-order valence-electron chi connectivity index (χ1n) is 11.6. The Morgan fingerprint density at radius 2 is 1.71 bits per heavy atom. The minimum absolute atomic E-state index is 0.0379. The normalized spacial score (nSPS) is 13.0. The predicted molar refractivity (Wildman–Crippen MR) is 130 cm³/mol. The van der Waals surface area contributed by atoms with Gasteiger partial charge in [0.2, 0.25) is 5.91 Å². The first kappa shape index (κ1) is 24.0. The number of fused-ring (bicyclic) bond motifs is 3. The summed E-state index contributed by atoms with van der Waals surface area (Å²) in [5.41, 5.74) is 4.51. The van der Waals surface area contributed by atoms with Crippen LogP contribution >= 0.6 is 0 Å². The van der Waals surface area contributed by atoms with Gasteiger partial charge in [0, 0.05) is 25.6 Å². The fourth-order valence-corrected chi connectivity index (χ4v) is 4.49. The zero-order chi connectivity index (χ0) is 24.9. The van der Waals surface area contributed by atoms with Crippen molar-refractivity contribution in [1.29, 1.82) is 0 Å². The lowest BCUT2D eigenvalue weighted by Crippen LogP contribution is -2.36. The molecule has 9 nitrogen and oxygen atoms in total. The van der Waals surface area contributed by atoms with Gasteiger partial charge in [0.1, 0.15) is 12.3 Å². The number of aromatic nitrogens is 2. The van der Waals surface area contributed by atoms with Crippen LogP contribution in [0.1, 0.15) is 47.3 Å². The van der Waals surface area contributed by atoms with Crippen molar-refractivity contribution in [3.63, 3.8) is 0 Å². The lowest BCUT2D eigenvalue weighted by atomic mass is 9.98. The van der Waals surface area contributed by atoms with Gasteiger partial charge in [0.05, 0.1) is 5.92 Å². The minimum atomic E-state index is -1.14. The molecule has 1 aromatic heterocycles. The predicted octanol–water partition coefficient (Wildman–Crippen LogP) is 4.01. The third-order valence-electron chi connectivity index (χ3n) is 6.19. The number of alkyl carbamates (subject to hydrolysis) is 1. The minimum Gasteiger partial charge on any atom is -0.477 e. The van der Waals surface area contributed by atoms with E-state index in [2.05, 4.69) is 40.0 Å². The standard InChI is InChI=1S/C26H28N4O5/c1-3-8-16(24(31)28-23-13-22(25(32)33)30(2)29-23)14-27-26(34)35-15-21-19-11-6-4-9-17(19)18-10-5-7-12-20(18)21/h4-7,9-13,16,21H,3,8,14-15H2,1-2H3,(H,27,34)(H,32,33)(H,28,29,31). The van der Waals surface area contributed by atoms with Crippen LogP contribution < -0.4 is 10.6 Å². The molecule has 0 aliphatic heterocycles. The van der Waals surface area contributed by atoms with Crippen molar-refractivity contribution in [2.75, 3.05) is 18.5 Å². The fourth-order valence-electron chi connectivity index (χ4n) is 4.49. The van der Waals surface area contributed by atoms with Crippen molar-refractivity contribution in [2.24, 2.45) is 13.0 Å². The van der Waals surface area contributed by atoms with E-state index in [1.807, 2.05) is 31.2 Å². The van der Waals surface area contributed by atoms with Crippen LogP contribution in [0.5, 0.6) is 0 Å². The van der Waals surface area contributed by atoms with Crippen LogP contribution in [-0.4, -0.2) is 46.0 Å². The van der Waals surface area contributed by atoms with E-state index in [9.17, 15) is 14.4 Å². The monoisotopic (exact) mass is 476 g/mol. The molecule has 1 atom stereocenters. The molecule has 182 valence electrons. The number of rotatable bonds is 9. The third-order valence-corrected chi connectivity index (χ3v) is 6.19. The number of anilines is 1. The molecule has 4 rings (SSSR count). The smallest absolute Gasteiger partial charge is 0.407 e.